The Kier molecular flexibility index (Phi) is 5.11. The highest BCUT2D eigenvalue weighted by Crippen LogP contribution is 2.20. The molecule has 0 radical (unpaired) electrons. The molecular weight excluding hydrogens is 330 g/mol. The zero-order valence-corrected chi connectivity index (χ0v) is 13.5. The summed E-state index contributed by atoms with van der Waals surface area (Å²) in [5.41, 5.74) is 0.472. The van der Waals surface area contributed by atoms with Gasteiger partial charge in [-0.05, 0) is 36.2 Å². The normalized spacial score (nSPS) is 17.1. The maximum absolute atomic E-state index is 13.1. The van der Waals surface area contributed by atoms with Crippen molar-refractivity contribution in [2.45, 2.75) is 19.4 Å². The molecule has 1 aromatic carbocycles. The average Bonchev–Trinajstić information content (AvgIpc) is 3.17. The van der Waals surface area contributed by atoms with Gasteiger partial charge in [0.1, 0.15) is 17.4 Å². The number of nitrogens with zero attached hydrogens (tertiary/aromatic N) is 1. The van der Waals surface area contributed by atoms with Crippen molar-refractivity contribution in [3.63, 3.8) is 0 Å². The van der Waals surface area contributed by atoms with Gasteiger partial charge in [0.2, 0.25) is 11.8 Å². The molecule has 1 N–H and O–H groups in total. The second kappa shape index (κ2) is 7.46. The van der Waals surface area contributed by atoms with Crippen LogP contribution in [0.1, 0.15) is 17.7 Å². The summed E-state index contributed by atoms with van der Waals surface area (Å²) in [6, 6.07) is 6.80. The van der Waals surface area contributed by atoms with E-state index in [2.05, 4.69) is 5.32 Å². The van der Waals surface area contributed by atoms with Crippen LogP contribution in [0.25, 0.3) is 0 Å². The maximum atomic E-state index is 13.1. The smallest absolute Gasteiger partial charge is 0.225 e. The van der Waals surface area contributed by atoms with Gasteiger partial charge in [-0.15, -0.1) is 0 Å². The van der Waals surface area contributed by atoms with Crippen molar-refractivity contribution in [1.82, 2.24) is 10.2 Å². The fraction of sp³-hybridized carbons (Fsp3) is 0.333. The molecular formula is C18H18F2N2O3. The van der Waals surface area contributed by atoms with Crippen molar-refractivity contribution in [3.05, 3.63) is 59.6 Å². The quantitative estimate of drug-likeness (QED) is 0.871. The van der Waals surface area contributed by atoms with Crippen LogP contribution in [0.2, 0.25) is 0 Å². The fourth-order valence-corrected chi connectivity index (χ4v) is 2.92. The van der Waals surface area contributed by atoms with Crippen LogP contribution in [-0.4, -0.2) is 29.8 Å². The first kappa shape index (κ1) is 17.1. The highest BCUT2D eigenvalue weighted by molar-refractivity contribution is 5.89. The molecule has 1 aliphatic heterocycles. The molecule has 1 atom stereocenters. The van der Waals surface area contributed by atoms with Crippen LogP contribution in [0.4, 0.5) is 8.78 Å². The van der Waals surface area contributed by atoms with Gasteiger partial charge in [0.05, 0.1) is 18.7 Å². The lowest BCUT2D eigenvalue weighted by molar-refractivity contribution is -0.129. The molecule has 2 amide bonds. The van der Waals surface area contributed by atoms with Gasteiger partial charge in [0.25, 0.3) is 0 Å². The number of carbonyl (C=O) groups is 2. The van der Waals surface area contributed by atoms with E-state index in [1.165, 1.54) is 18.4 Å². The molecule has 0 unspecified atom stereocenters. The molecule has 1 aromatic heterocycles. The van der Waals surface area contributed by atoms with Crippen LogP contribution >= 0.6 is 0 Å². The van der Waals surface area contributed by atoms with Crippen molar-refractivity contribution in [1.29, 1.82) is 0 Å². The first-order chi connectivity index (χ1) is 12.0. The topological polar surface area (TPSA) is 62.6 Å². The summed E-state index contributed by atoms with van der Waals surface area (Å²) in [6.45, 7) is 0.933. The number of amides is 2. The summed E-state index contributed by atoms with van der Waals surface area (Å²) < 4.78 is 31.5. The Hall–Kier alpha value is -2.70. The van der Waals surface area contributed by atoms with Crippen LogP contribution in [0, 0.1) is 17.6 Å². The minimum atomic E-state index is -0.642. The molecule has 0 aliphatic carbocycles. The van der Waals surface area contributed by atoms with Gasteiger partial charge in [-0.2, -0.15) is 0 Å². The van der Waals surface area contributed by atoms with Crippen LogP contribution < -0.4 is 5.32 Å². The van der Waals surface area contributed by atoms with Gasteiger partial charge in [0.15, 0.2) is 0 Å². The van der Waals surface area contributed by atoms with E-state index in [0.717, 1.165) is 6.07 Å². The second-order valence-electron chi connectivity index (χ2n) is 6.07. The number of hydrogen-bond donors (Lipinski definition) is 1. The minimum absolute atomic E-state index is 0.0937. The molecule has 0 bridgehead atoms. The van der Waals surface area contributed by atoms with Gasteiger partial charge in [-0.1, -0.05) is 0 Å². The van der Waals surface area contributed by atoms with E-state index in [1.54, 1.807) is 17.0 Å². The summed E-state index contributed by atoms with van der Waals surface area (Å²) in [5, 5.41) is 2.73. The monoisotopic (exact) mass is 348 g/mol. The number of likely N-dealkylation sites (tertiary alicyclic amines) is 1. The zero-order chi connectivity index (χ0) is 17.8. The molecule has 1 aliphatic rings. The maximum Gasteiger partial charge on any atom is 0.225 e. The van der Waals surface area contributed by atoms with Gasteiger partial charge < -0.3 is 14.6 Å². The number of furan rings is 1. The zero-order valence-electron chi connectivity index (χ0n) is 13.5. The average molecular weight is 348 g/mol. The summed E-state index contributed by atoms with van der Waals surface area (Å²) in [7, 11) is 0. The highest BCUT2D eigenvalue weighted by atomic mass is 19.1. The van der Waals surface area contributed by atoms with Crippen LogP contribution in [0.5, 0.6) is 0 Å². The first-order valence-corrected chi connectivity index (χ1v) is 8.04. The Morgan fingerprint density at radius 2 is 2.04 bits per heavy atom. The van der Waals surface area contributed by atoms with Crippen LogP contribution in [-0.2, 0) is 22.6 Å². The van der Waals surface area contributed by atoms with Crippen molar-refractivity contribution >= 4 is 11.8 Å². The number of halogens is 2. The molecule has 1 fully saturated rings. The molecule has 2 heterocycles. The SMILES string of the molecule is O=C(NCCc1cc(F)cc(F)c1)[C@@H]1CC(=O)N(Cc2ccco2)C1. The van der Waals surface area contributed by atoms with E-state index >= 15 is 0 Å². The predicted octanol–water partition coefficient (Wildman–Crippen LogP) is 2.27. The van der Waals surface area contributed by atoms with E-state index < -0.39 is 17.6 Å². The predicted molar refractivity (Wildman–Crippen MR) is 85.3 cm³/mol. The lowest BCUT2D eigenvalue weighted by Gasteiger charge is -2.15. The molecule has 0 spiro atoms. The summed E-state index contributed by atoms with van der Waals surface area (Å²) >= 11 is 0. The lowest BCUT2D eigenvalue weighted by Crippen LogP contribution is -2.34. The van der Waals surface area contributed by atoms with Gasteiger partial charge in [-0.3, -0.25) is 9.59 Å². The van der Waals surface area contributed by atoms with E-state index in [9.17, 15) is 18.4 Å². The molecule has 2 aromatic rings. The standard InChI is InChI=1S/C18H18F2N2O3/c19-14-6-12(7-15(20)9-14)3-4-21-18(24)13-8-17(23)22(10-13)11-16-2-1-5-25-16/h1-2,5-7,9,13H,3-4,8,10-11H2,(H,21,24)/t13-/m1/s1. The third-order valence-electron chi connectivity index (χ3n) is 4.15. The fourth-order valence-electron chi connectivity index (χ4n) is 2.92. The highest BCUT2D eigenvalue weighted by Gasteiger charge is 2.34. The number of nitrogens with one attached hydrogen (secondary N) is 1. The van der Waals surface area contributed by atoms with Gasteiger partial charge >= 0.3 is 0 Å². The largest absolute Gasteiger partial charge is 0.467 e. The second-order valence-corrected chi connectivity index (χ2v) is 6.07. The first-order valence-electron chi connectivity index (χ1n) is 8.04. The third kappa shape index (κ3) is 4.43. The Bertz CT molecular complexity index is 741. The van der Waals surface area contributed by atoms with E-state index in [1.807, 2.05) is 0 Å². The minimum Gasteiger partial charge on any atom is -0.467 e. The Morgan fingerprint density at radius 3 is 2.72 bits per heavy atom. The number of hydrogen-bond acceptors (Lipinski definition) is 3. The van der Waals surface area contributed by atoms with Crippen molar-refractivity contribution in [2.24, 2.45) is 5.92 Å². The summed E-state index contributed by atoms with van der Waals surface area (Å²) in [6.07, 6.45) is 2.01. The van der Waals surface area contributed by atoms with Gasteiger partial charge in [-0.25, -0.2) is 8.78 Å². The summed E-state index contributed by atoms with van der Waals surface area (Å²) in [4.78, 5) is 25.8. The number of benzene rings is 1. The van der Waals surface area contributed by atoms with E-state index in [-0.39, 0.29) is 24.8 Å². The summed E-state index contributed by atoms with van der Waals surface area (Å²) in [5.74, 6) is -1.36. The lowest BCUT2D eigenvalue weighted by atomic mass is 10.1. The van der Waals surface area contributed by atoms with Crippen molar-refractivity contribution in [3.8, 4) is 0 Å². The van der Waals surface area contributed by atoms with Crippen molar-refractivity contribution < 1.29 is 22.8 Å². The Morgan fingerprint density at radius 1 is 1.28 bits per heavy atom. The van der Waals surface area contributed by atoms with E-state index in [0.29, 0.717) is 30.8 Å². The molecule has 0 saturated carbocycles. The molecule has 132 valence electrons. The van der Waals surface area contributed by atoms with Gasteiger partial charge in [0, 0.05) is 25.6 Å². The van der Waals surface area contributed by atoms with Crippen LogP contribution in [0.3, 0.4) is 0 Å². The third-order valence-corrected chi connectivity index (χ3v) is 4.15. The van der Waals surface area contributed by atoms with Crippen LogP contribution in [0.15, 0.2) is 41.0 Å². The Labute approximate surface area is 143 Å². The molecule has 5 nitrogen and oxygen atoms in total. The number of carbonyl (C=O) groups excluding carboxylic acids is 2. The number of rotatable bonds is 6. The molecule has 1 saturated heterocycles. The molecule has 25 heavy (non-hydrogen) atoms. The Balaban J connectivity index is 1.47. The molecule has 3 rings (SSSR count). The van der Waals surface area contributed by atoms with Crippen molar-refractivity contribution in [2.75, 3.05) is 13.1 Å². The van der Waals surface area contributed by atoms with E-state index in [4.69, 9.17) is 4.42 Å². The molecule has 7 heteroatoms.